The van der Waals surface area contributed by atoms with Crippen molar-refractivity contribution in [2.75, 3.05) is 13.1 Å². The highest BCUT2D eigenvalue weighted by atomic mass is 16.5. The number of rotatable bonds is 5. The van der Waals surface area contributed by atoms with Gasteiger partial charge in [0.15, 0.2) is 0 Å². The van der Waals surface area contributed by atoms with Crippen molar-refractivity contribution < 1.29 is 4.52 Å². The average molecular weight is 319 g/mol. The molecule has 0 amide bonds. The van der Waals surface area contributed by atoms with Gasteiger partial charge in [0.1, 0.15) is 11.6 Å². The highest BCUT2D eigenvalue weighted by molar-refractivity contribution is 5.20. The minimum absolute atomic E-state index is 0.0450. The summed E-state index contributed by atoms with van der Waals surface area (Å²) in [5.41, 5.74) is 1.72. The Hall–Kier alpha value is -1.89. The summed E-state index contributed by atoms with van der Waals surface area (Å²) in [6.07, 6.45) is 3.17. The molecule has 2 aromatic rings. The molecule has 1 aliphatic rings. The highest BCUT2D eigenvalue weighted by Crippen LogP contribution is 2.17. The third-order valence-electron chi connectivity index (χ3n) is 4.73. The van der Waals surface area contributed by atoms with E-state index in [1.165, 1.54) is 0 Å². The van der Waals surface area contributed by atoms with E-state index in [1.54, 1.807) is 9.25 Å². The molecular weight excluding hydrogens is 294 g/mol. The van der Waals surface area contributed by atoms with Crippen LogP contribution in [0, 0.1) is 19.8 Å². The van der Waals surface area contributed by atoms with Crippen LogP contribution < -0.4 is 11.0 Å². The molecule has 1 N–H and O–H groups in total. The van der Waals surface area contributed by atoms with Crippen molar-refractivity contribution in [1.82, 2.24) is 24.8 Å². The van der Waals surface area contributed by atoms with Gasteiger partial charge in [0.25, 0.3) is 0 Å². The van der Waals surface area contributed by atoms with Gasteiger partial charge in [-0.3, -0.25) is 4.57 Å². The SMILES string of the molecule is CCn1c(CC2CCNCC2)nn(Cc2c(C)noc2C)c1=O. The maximum absolute atomic E-state index is 12.6. The molecule has 1 aliphatic heterocycles. The lowest BCUT2D eigenvalue weighted by molar-refractivity contribution is 0.362. The number of hydrogen-bond acceptors (Lipinski definition) is 5. The number of aromatic nitrogens is 4. The first-order valence-corrected chi connectivity index (χ1v) is 8.39. The zero-order chi connectivity index (χ0) is 16.4. The molecule has 7 nitrogen and oxygen atoms in total. The van der Waals surface area contributed by atoms with E-state index in [0.717, 1.165) is 55.2 Å². The molecule has 0 spiro atoms. The number of nitrogens with one attached hydrogen (secondary N) is 1. The Kier molecular flexibility index (Phi) is 4.66. The molecule has 1 fully saturated rings. The Bertz CT molecular complexity index is 702. The van der Waals surface area contributed by atoms with Crippen molar-refractivity contribution in [1.29, 1.82) is 0 Å². The first-order chi connectivity index (χ1) is 11.1. The van der Waals surface area contributed by atoms with Crippen LogP contribution in [-0.4, -0.2) is 32.6 Å². The van der Waals surface area contributed by atoms with Crippen molar-refractivity contribution in [2.45, 2.75) is 53.1 Å². The number of nitrogens with zero attached hydrogens (tertiary/aromatic N) is 4. The molecule has 3 heterocycles. The van der Waals surface area contributed by atoms with E-state index >= 15 is 0 Å². The molecular formula is C16H25N5O2. The van der Waals surface area contributed by atoms with Gasteiger partial charge in [0.05, 0.1) is 12.2 Å². The third-order valence-corrected chi connectivity index (χ3v) is 4.73. The topological polar surface area (TPSA) is 77.9 Å². The molecule has 0 saturated carbocycles. The normalized spacial score (nSPS) is 16.1. The summed E-state index contributed by atoms with van der Waals surface area (Å²) in [6, 6.07) is 0. The van der Waals surface area contributed by atoms with Crippen LogP contribution >= 0.6 is 0 Å². The van der Waals surface area contributed by atoms with Crippen molar-refractivity contribution in [2.24, 2.45) is 5.92 Å². The molecule has 2 aromatic heterocycles. The third kappa shape index (κ3) is 3.24. The van der Waals surface area contributed by atoms with E-state index in [1.807, 2.05) is 20.8 Å². The Morgan fingerprint density at radius 3 is 2.65 bits per heavy atom. The molecule has 0 bridgehead atoms. The smallest absolute Gasteiger partial charge is 0.346 e. The molecule has 126 valence electrons. The quantitative estimate of drug-likeness (QED) is 0.898. The van der Waals surface area contributed by atoms with Gasteiger partial charge < -0.3 is 9.84 Å². The predicted molar refractivity (Wildman–Crippen MR) is 86.5 cm³/mol. The van der Waals surface area contributed by atoms with E-state index in [2.05, 4.69) is 15.6 Å². The highest BCUT2D eigenvalue weighted by Gasteiger charge is 2.20. The zero-order valence-corrected chi connectivity index (χ0v) is 14.1. The maximum atomic E-state index is 12.6. The number of hydrogen-bond donors (Lipinski definition) is 1. The van der Waals surface area contributed by atoms with Gasteiger partial charge in [0.2, 0.25) is 0 Å². The first-order valence-electron chi connectivity index (χ1n) is 8.39. The van der Waals surface area contributed by atoms with Gasteiger partial charge in [-0.25, -0.2) is 9.48 Å². The fraction of sp³-hybridized carbons (Fsp3) is 0.688. The van der Waals surface area contributed by atoms with Crippen molar-refractivity contribution in [3.63, 3.8) is 0 Å². The van der Waals surface area contributed by atoms with Crippen LogP contribution in [0.1, 0.15) is 42.6 Å². The van der Waals surface area contributed by atoms with Crippen molar-refractivity contribution >= 4 is 0 Å². The van der Waals surface area contributed by atoms with E-state index < -0.39 is 0 Å². The summed E-state index contributed by atoms with van der Waals surface area (Å²) in [5, 5.41) is 11.9. The second kappa shape index (κ2) is 6.70. The summed E-state index contributed by atoms with van der Waals surface area (Å²) >= 11 is 0. The van der Waals surface area contributed by atoms with Crippen molar-refractivity contribution in [3.8, 4) is 0 Å². The van der Waals surface area contributed by atoms with Crippen LogP contribution in [0.4, 0.5) is 0 Å². The minimum Gasteiger partial charge on any atom is -0.361 e. The lowest BCUT2D eigenvalue weighted by atomic mass is 9.94. The minimum atomic E-state index is -0.0450. The monoisotopic (exact) mass is 319 g/mol. The van der Waals surface area contributed by atoms with Crippen LogP contribution in [0.25, 0.3) is 0 Å². The zero-order valence-electron chi connectivity index (χ0n) is 14.1. The van der Waals surface area contributed by atoms with Gasteiger partial charge >= 0.3 is 5.69 Å². The lowest BCUT2D eigenvalue weighted by Gasteiger charge is -2.21. The fourth-order valence-corrected chi connectivity index (χ4v) is 3.28. The van der Waals surface area contributed by atoms with Gasteiger partial charge in [0, 0.05) is 18.5 Å². The van der Waals surface area contributed by atoms with Gasteiger partial charge in [-0.1, -0.05) is 5.16 Å². The Labute approximate surface area is 135 Å². The van der Waals surface area contributed by atoms with E-state index in [9.17, 15) is 4.79 Å². The fourth-order valence-electron chi connectivity index (χ4n) is 3.28. The van der Waals surface area contributed by atoms with Gasteiger partial charge in [-0.15, -0.1) is 0 Å². The summed E-state index contributed by atoms with van der Waals surface area (Å²) in [6.45, 7) is 8.95. The molecule has 1 saturated heterocycles. The lowest BCUT2D eigenvalue weighted by Crippen LogP contribution is -2.30. The molecule has 23 heavy (non-hydrogen) atoms. The molecule has 0 unspecified atom stereocenters. The average Bonchev–Trinajstić information content (AvgIpc) is 3.02. The van der Waals surface area contributed by atoms with Gasteiger partial charge in [-0.2, -0.15) is 5.10 Å². The van der Waals surface area contributed by atoms with Crippen LogP contribution in [0.2, 0.25) is 0 Å². The maximum Gasteiger partial charge on any atom is 0.346 e. The number of piperidine rings is 1. The van der Waals surface area contributed by atoms with Gasteiger partial charge in [-0.05, 0) is 52.6 Å². The largest absolute Gasteiger partial charge is 0.361 e. The summed E-state index contributed by atoms with van der Waals surface area (Å²) < 4.78 is 8.53. The Morgan fingerprint density at radius 2 is 2.04 bits per heavy atom. The predicted octanol–water partition coefficient (Wildman–Crippen LogP) is 1.26. The standard InChI is InChI=1S/C16H25N5O2/c1-4-20-15(9-13-5-7-17-8-6-13)18-21(16(20)22)10-14-11(2)19-23-12(14)3/h13,17H,4-10H2,1-3H3. The molecule has 0 radical (unpaired) electrons. The van der Waals surface area contributed by atoms with Crippen LogP contribution in [0.5, 0.6) is 0 Å². The second-order valence-electron chi connectivity index (χ2n) is 6.30. The summed E-state index contributed by atoms with van der Waals surface area (Å²) in [7, 11) is 0. The van der Waals surface area contributed by atoms with Crippen LogP contribution in [0.15, 0.2) is 9.32 Å². The van der Waals surface area contributed by atoms with Crippen LogP contribution in [0.3, 0.4) is 0 Å². The first kappa shape index (κ1) is 16.0. The molecule has 0 aliphatic carbocycles. The summed E-state index contributed by atoms with van der Waals surface area (Å²) in [5.74, 6) is 2.26. The van der Waals surface area contributed by atoms with Crippen LogP contribution in [-0.2, 0) is 19.5 Å². The van der Waals surface area contributed by atoms with E-state index in [4.69, 9.17) is 4.52 Å². The Morgan fingerprint density at radius 1 is 1.30 bits per heavy atom. The molecule has 0 atom stereocenters. The molecule has 7 heteroatoms. The summed E-state index contributed by atoms with van der Waals surface area (Å²) in [4.78, 5) is 12.6. The molecule has 0 aromatic carbocycles. The Balaban J connectivity index is 1.85. The second-order valence-corrected chi connectivity index (χ2v) is 6.30. The van der Waals surface area contributed by atoms with E-state index in [0.29, 0.717) is 19.0 Å². The number of aryl methyl sites for hydroxylation is 2. The van der Waals surface area contributed by atoms with Crippen molar-refractivity contribution in [3.05, 3.63) is 33.3 Å². The van der Waals surface area contributed by atoms with E-state index in [-0.39, 0.29) is 5.69 Å². The molecule has 3 rings (SSSR count).